The van der Waals surface area contributed by atoms with Crippen molar-refractivity contribution < 1.29 is 23.7 Å². The summed E-state index contributed by atoms with van der Waals surface area (Å²) in [6.07, 6.45) is 5.64. The molecule has 0 aromatic heterocycles. The Kier molecular flexibility index (Phi) is 7.95. The van der Waals surface area contributed by atoms with E-state index in [0.29, 0.717) is 24.9 Å². The summed E-state index contributed by atoms with van der Waals surface area (Å²) < 4.78 is 21.7. The fraction of sp³-hybridized carbons (Fsp3) is 0.550. The summed E-state index contributed by atoms with van der Waals surface area (Å²) >= 11 is 0. The van der Waals surface area contributed by atoms with E-state index in [1.54, 1.807) is 0 Å². The average molecular weight is 348 g/mol. The fourth-order valence-corrected chi connectivity index (χ4v) is 3.04. The molecule has 0 atom stereocenters. The van der Waals surface area contributed by atoms with Crippen LogP contribution in [0.2, 0.25) is 0 Å². The van der Waals surface area contributed by atoms with Crippen molar-refractivity contribution in [3.8, 4) is 5.75 Å². The van der Waals surface area contributed by atoms with Gasteiger partial charge in [0, 0.05) is 13.2 Å². The second-order valence-electron chi connectivity index (χ2n) is 5.96. The molecule has 0 bridgehead atoms. The molecule has 5 heteroatoms. The van der Waals surface area contributed by atoms with E-state index >= 15 is 0 Å². The number of hydrogen-bond acceptors (Lipinski definition) is 5. The SMILES string of the molecule is CCOC(OCC)C(=CC(=O)OC)Oc1ccc(C2CCCC2)cc1. The second-order valence-corrected chi connectivity index (χ2v) is 5.96. The van der Waals surface area contributed by atoms with Crippen molar-refractivity contribution >= 4 is 5.97 Å². The second kappa shape index (κ2) is 10.2. The predicted octanol–water partition coefficient (Wildman–Crippen LogP) is 4.18. The number of carbonyl (C=O) groups is 1. The minimum absolute atomic E-state index is 0.282. The van der Waals surface area contributed by atoms with Crippen molar-refractivity contribution in [3.05, 3.63) is 41.7 Å². The highest BCUT2D eigenvalue weighted by molar-refractivity contribution is 5.82. The van der Waals surface area contributed by atoms with Gasteiger partial charge in [0.05, 0.1) is 13.2 Å². The Morgan fingerprint density at radius 2 is 1.72 bits per heavy atom. The molecule has 1 aromatic carbocycles. The standard InChI is InChI=1S/C20H28O5/c1-4-23-20(24-5-2)18(14-19(21)22-3)25-17-12-10-16(11-13-17)15-8-6-7-9-15/h10-15,20H,4-9H2,1-3H3. The highest BCUT2D eigenvalue weighted by atomic mass is 16.7. The molecular weight excluding hydrogens is 320 g/mol. The first-order valence-corrected chi connectivity index (χ1v) is 8.98. The van der Waals surface area contributed by atoms with Crippen LogP contribution < -0.4 is 4.74 Å². The number of esters is 1. The fourth-order valence-electron chi connectivity index (χ4n) is 3.04. The molecule has 5 nitrogen and oxygen atoms in total. The van der Waals surface area contributed by atoms with E-state index in [9.17, 15) is 4.79 Å². The van der Waals surface area contributed by atoms with E-state index in [1.807, 2.05) is 26.0 Å². The Hall–Kier alpha value is -1.85. The van der Waals surface area contributed by atoms with E-state index in [1.165, 1.54) is 44.4 Å². The molecule has 0 unspecified atom stereocenters. The number of hydrogen-bond donors (Lipinski definition) is 0. The Balaban J connectivity index is 2.14. The van der Waals surface area contributed by atoms with Gasteiger partial charge in [0.25, 0.3) is 0 Å². The predicted molar refractivity (Wildman–Crippen MR) is 95.4 cm³/mol. The van der Waals surface area contributed by atoms with Crippen molar-refractivity contribution in [1.82, 2.24) is 0 Å². The third kappa shape index (κ3) is 5.87. The summed E-state index contributed by atoms with van der Waals surface area (Å²) in [6, 6.07) is 8.04. The molecular formula is C20H28O5. The van der Waals surface area contributed by atoms with E-state index in [-0.39, 0.29) is 5.76 Å². The molecule has 138 valence electrons. The molecule has 1 aliphatic rings. The molecule has 0 radical (unpaired) electrons. The summed E-state index contributed by atoms with van der Waals surface area (Å²) in [5.74, 6) is 1.06. The van der Waals surface area contributed by atoms with Gasteiger partial charge in [-0.15, -0.1) is 0 Å². The molecule has 2 rings (SSSR count). The highest BCUT2D eigenvalue weighted by Crippen LogP contribution is 2.34. The molecule has 1 aliphatic carbocycles. The molecule has 0 N–H and O–H groups in total. The van der Waals surface area contributed by atoms with Crippen LogP contribution in [0.4, 0.5) is 0 Å². The topological polar surface area (TPSA) is 54.0 Å². The number of methoxy groups -OCH3 is 1. The molecule has 1 fully saturated rings. The van der Waals surface area contributed by atoms with Crippen molar-refractivity contribution in [1.29, 1.82) is 0 Å². The monoisotopic (exact) mass is 348 g/mol. The first-order chi connectivity index (χ1) is 12.2. The molecule has 1 saturated carbocycles. The molecule has 0 saturated heterocycles. The first-order valence-electron chi connectivity index (χ1n) is 8.98. The maximum Gasteiger partial charge on any atom is 0.334 e. The molecule has 0 amide bonds. The van der Waals surface area contributed by atoms with Crippen LogP contribution in [-0.4, -0.2) is 32.6 Å². The third-order valence-corrected chi connectivity index (χ3v) is 4.27. The lowest BCUT2D eigenvalue weighted by Crippen LogP contribution is -2.24. The summed E-state index contributed by atoms with van der Waals surface area (Å²) in [4.78, 5) is 11.7. The Labute approximate surface area is 149 Å². The van der Waals surface area contributed by atoms with E-state index in [4.69, 9.17) is 18.9 Å². The molecule has 25 heavy (non-hydrogen) atoms. The summed E-state index contributed by atoms with van der Waals surface area (Å²) in [5.41, 5.74) is 1.34. The number of ether oxygens (including phenoxy) is 4. The number of benzene rings is 1. The van der Waals surface area contributed by atoms with Gasteiger partial charge in [-0.05, 0) is 50.3 Å². The number of carbonyl (C=O) groups excluding carboxylic acids is 1. The van der Waals surface area contributed by atoms with Gasteiger partial charge in [0.15, 0.2) is 5.76 Å². The van der Waals surface area contributed by atoms with Crippen LogP contribution >= 0.6 is 0 Å². The van der Waals surface area contributed by atoms with Gasteiger partial charge in [-0.25, -0.2) is 4.79 Å². The maximum absolute atomic E-state index is 11.7. The van der Waals surface area contributed by atoms with Gasteiger partial charge in [0.1, 0.15) is 5.75 Å². The van der Waals surface area contributed by atoms with E-state index in [2.05, 4.69) is 12.1 Å². The van der Waals surface area contributed by atoms with Crippen LogP contribution in [0.25, 0.3) is 0 Å². The zero-order valence-electron chi connectivity index (χ0n) is 15.3. The average Bonchev–Trinajstić information content (AvgIpc) is 3.16. The van der Waals surface area contributed by atoms with E-state index < -0.39 is 12.3 Å². The maximum atomic E-state index is 11.7. The van der Waals surface area contributed by atoms with Gasteiger partial charge in [0.2, 0.25) is 6.29 Å². The van der Waals surface area contributed by atoms with Gasteiger partial charge in [-0.2, -0.15) is 0 Å². The molecule has 0 spiro atoms. The molecule has 1 aromatic rings. The van der Waals surface area contributed by atoms with Crippen molar-refractivity contribution in [2.45, 2.75) is 51.7 Å². The summed E-state index contributed by atoms with van der Waals surface area (Å²) in [7, 11) is 1.32. The van der Waals surface area contributed by atoms with Crippen LogP contribution in [0, 0.1) is 0 Å². The quantitative estimate of drug-likeness (QED) is 0.290. The van der Waals surface area contributed by atoms with Crippen LogP contribution in [-0.2, 0) is 19.0 Å². The summed E-state index contributed by atoms with van der Waals surface area (Å²) in [6.45, 7) is 4.59. The Morgan fingerprint density at radius 3 is 2.24 bits per heavy atom. The molecule has 0 heterocycles. The van der Waals surface area contributed by atoms with Crippen LogP contribution in [0.5, 0.6) is 5.75 Å². The van der Waals surface area contributed by atoms with Crippen LogP contribution in [0.1, 0.15) is 51.0 Å². The zero-order chi connectivity index (χ0) is 18.1. The lowest BCUT2D eigenvalue weighted by molar-refractivity contribution is -0.138. The van der Waals surface area contributed by atoms with Crippen molar-refractivity contribution in [2.24, 2.45) is 0 Å². The smallest absolute Gasteiger partial charge is 0.334 e. The largest absolute Gasteiger partial charge is 0.466 e. The van der Waals surface area contributed by atoms with Gasteiger partial charge in [-0.3, -0.25) is 0 Å². The van der Waals surface area contributed by atoms with Gasteiger partial charge in [-0.1, -0.05) is 25.0 Å². The lowest BCUT2D eigenvalue weighted by Gasteiger charge is -2.20. The highest BCUT2D eigenvalue weighted by Gasteiger charge is 2.20. The first kappa shape index (κ1) is 19.5. The lowest BCUT2D eigenvalue weighted by atomic mass is 9.98. The Bertz CT molecular complexity index is 552. The third-order valence-electron chi connectivity index (χ3n) is 4.27. The normalized spacial score (nSPS) is 15.6. The van der Waals surface area contributed by atoms with Crippen LogP contribution in [0.3, 0.4) is 0 Å². The van der Waals surface area contributed by atoms with E-state index in [0.717, 1.165) is 0 Å². The van der Waals surface area contributed by atoms with Crippen LogP contribution in [0.15, 0.2) is 36.1 Å². The number of rotatable bonds is 9. The van der Waals surface area contributed by atoms with Gasteiger partial charge >= 0.3 is 5.97 Å². The van der Waals surface area contributed by atoms with Crippen molar-refractivity contribution in [3.63, 3.8) is 0 Å². The molecule has 0 aliphatic heterocycles. The minimum atomic E-state index is -0.747. The van der Waals surface area contributed by atoms with Gasteiger partial charge < -0.3 is 18.9 Å². The Morgan fingerprint density at radius 1 is 1.12 bits per heavy atom. The summed E-state index contributed by atoms with van der Waals surface area (Å²) in [5, 5.41) is 0. The zero-order valence-corrected chi connectivity index (χ0v) is 15.3. The van der Waals surface area contributed by atoms with Crippen molar-refractivity contribution in [2.75, 3.05) is 20.3 Å². The minimum Gasteiger partial charge on any atom is -0.466 e.